The molecule has 2 atom stereocenters. The molecule has 16 heavy (non-hydrogen) atoms. The Hall–Kier alpha value is 0.730. The van der Waals surface area contributed by atoms with E-state index >= 15 is 0 Å². The summed E-state index contributed by atoms with van der Waals surface area (Å²) < 4.78 is 0.621. The molecule has 94 valence electrons. The highest BCUT2D eigenvalue weighted by Gasteiger charge is 2.46. The number of alkyl halides is 1. The molecule has 0 aromatic heterocycles. The average Bonchev–Trinajstić information content (AvgIpc) is 2.43. The van der Waals surface area contributed by atoms with Crippen LogP contribution in [0.5, 0.6) is 0 Å². The number of hydrogen-bond donors (Lipinski definition) is 0. The fourth-order valence-electron chi connectivity index (χ4n) is 3.86. The Balaban J connectivity index is 2.09. The van der Waals surface area contributed by atoms with Crippen molar-refractivity contribution in [2.24, 2.45) is 11.3 Å². The molecule has 2 unspecified atom stereocenters. The van der Waals surface area contributed by atoms with E-state index in [0.717, 1.165) is 5.92 Å². The Morgan fingerprint density at radius 1 is 0.875 bits per heavy atom. The van der Waals surface area contributed by atoms with Gasteiger partial charge in [-0.3, -0.25) is 0 Å². The summed E-state index contributed by atoms with van der Waals surface area (Å²) in [5.41, 5.74) is 0.649. The van der Waals surface area contributed by atoms with Gasteiger partial charge in [-0.05, 0) is 43.4 Å². The van der Waals surface area contributed by atoms with Gasteiger partial charge in [0.1, 0.15) is 0 Å². The van der Waals surface area contributed by atoms with Gasteiger partial charge in [0.05, 0.1) is 0 Å². The third kappa shape index (κ3) is 2.59. The van der Waals surface area contributed by atoms with Crippen LogP contribution in [0.3, 0.4) is 0 Å². The molecule has 2 saturated carbocycles. The highest BCUT2D eigenvalue weighted by atomic mass is 127. The Morgan fingerprint density at radius 3 is 2.25 bits per heavy atom. The Kier molecular flexibility index (Phi) is 4.24. The average molecular weight is 334 g/mol. The minimum absolute atomic E-state index is 0.621. The summed E-state index contributed by atoms with van der Waals surface area (Å²) in [4.78, 5) is 0. The van der Waals surface area contributed by atoms with E-state index in [4.69, 9.17) is 0 Å². The van der Waals surface area contributed by atoms with Gasteiger partial charge < -0.3 is 0 Å². The van der Waals surface area contributed by atoms with Crippen LogP contribution < -0.4 is 0 Å². The van der Waals surface area contributed by atoms with E-state index in [2.05, 4.69) is 36.4 Å². The summed E-state index contributed by atoms with van der Waals surface area (Å²) in [5.74, 6) is 0.976. The minimum atomic E-state index is 0.621. The van der Waals surface area contributed by atoms with Crippen molar-refractivity contribution < 1.29 is 0 Å². The molecule has 2 aliphatic carbocycles. The van der Waals surface area contributed by atoms with E-state index < -0.39 is 0 Å². The van der Waals surface area contributed by atoms with Crippen LogP contribution in [0.4, 0.5) is 0 Å². The molecule has 0 N–H and O–H groups in total. The van der Waals surface area contributed by atoms with E-state index in [1.807, 2.05) is 0 Å². The van der Waals surface area contributed by atoms with Gasteiger partial charge in [-0.25, -0.2) is 0 Å². The van der Waals surface area contributed by atoms with Crippen LogP contribution in [0, 0.1) is 11.3 Å². The van der Waals surface area contributed by atoms with E-state index in [1.165, 1.54) is 64.2 Å². The Labute approximate surface area is 115 Å². The summed E-state index contributed by atoms with van der Waals surface area (Å²) in [7, 11) is 0. The van der Waals surface area contributed by atoms with Crippen molar-refractivity contribution in [3.63, 3.8) is 0 Å². The van der Waals surface area contributed by atoms with Crippen LogP contribution in [-0.2, 0) is 0 Å². The van der Waals surface area contributed by atoms with Crippen LogP contribution in [0.25, 0.3) is 0 Å². The third-order valence-electron chi connectivity index (χ3n) is 5.34. The maximum atomic E-state index is 2.86. The molecule has 0 spiro atoms. The van der Waals surface area contributed by atoms with Crippen molar-refractivity contribution in [3.05, 3.63) is 0 Å². The maximum Gasteiger partial charge on any atom is 0.0276 e. The highest BCUT2D eigenvalue weighted by Crippen LogP contribution is 2.55. The lowest BCUT2D eigenvalue weighted by Gasteiger charge is -2.47. The van der Waals surface area contributed by atoms with Crippen LogP contribution in [0.15, 0.2) is 0 Å². The molecule has 0 bridgehead atoms. The molecule has 0 radical (unpaired) electrons. The SMILES string of the molecule is CC1CCCC(I)(C2(C)CCCCC2)CC1. The third-order valence-corrected chi connectivity index (χ3v) is 7.72. The zero-order valence-electron chi connectivity index (χ0n) is 11.0. The fraction of sp³-hybridized carbons (Fsp3) is 1.00. The molecular weight excluding hydrogens is 307 g/mol. The maximum absolute atomic E-state index is 2.86. The van der Waals surface area contributed by atoms with Crippen molar-refractivity contribution in [1.29, 1.82) is 0 Å². The monoisotopic (exact) mass is 334 g/mol. The molecule has 0 aromatic rings. The summed E-state index contributed by atoms with van der Waals surface area (Å²) >= 11 is 2.86. The van der Waals surface area contributed by atoms with Gasteiger partial charge in [-0.15, -0.1) is 0 Å². The molecule has 0 aromatic carbocycles. The Bertz CT molecular complexity index is 230. The first-order valence-electron chi connectivity index (χ1n) is 7.25. The van der Waals surface area contributed by atoms with Crippen LogP contribution in [0.1, 0.15) is 78.1 Å². The first-order chi connectivity index (χ1) is 7.56. The minimum Gasteiger partial charge on any atom is -0.0783 e. The number of hydrogen-bond acceptors (Lipinski definition) is 0. The van der Waals surface area contributed by atoms with E-state index in [-0.39, 0.29) is 0 Å². The first kappa shape index (κ1) is 13.2. The zero-order valence-corrected chi connectivity index (χ0v) is 13.2. The van der Waals surface area contributed by atoms with Crippen molar-refractivity contribution in [1.82, 2.24) is 0 Å². The van der Waals surface area contributed by atoms with Gasteiger partial charge in [-0.2, -0.15) is 0 Å². The van der Waals surface area contributed by atoms with Crippen molar-refractivity contribution >= 4 is 22.6 Å². The van der Waals surface area contributed by atoms with Gasteiger partial charge in [0.2, 0.25) is 0 Å². The van der Waals surface area contributed by atoms with Crippen molar-refractivity contribution in [2.75, 3.05) is 0 Å². The molecular formula is C15H27I. The molecule has 1 heteroatoms. The first-order valence-corrected chi connectivity index (χ1v) is 8.33. The lowest BCUT2D eigenvalue weighted by atomic mass is 9.65. The molecule has 2 aliphatic rings. The van der Waals surface area contributed by atoms with Gasteiger partial charge in [0.15, 0.2) is 0 Å². The summed E-state index contributed by atoms with van der Waals surface area (Å²) in [6, 6.07) is 0. The molecule has 0 amide bonds. The van der Waals surface area contributed by atoms with Gasteiger partial charge >= 0.3 is 0 Å². The quantitative estimate of drug-likeness (QED) is 0.326. The second-order valence-corrected chi connectivity index (χ2v) is 8.69. The molecule has 0 heterocycles. The van der Waals surface area contributed by atoms with Crippen LogP contribution >= 0.6 is 22.6 Å². The highest BCUT2D eigenvalue weighted by molar-refractivity contribution is 14.1. The molecule has 0 nitrogen and oxygen atoms in total. The zero-order chi connectivity index (χ0) is 11.6. The fourth-order valence-corrected chi connectivity index (χ4v) is 5.09. The Morgan fingerprint density at radius 2 is 1.56 bits per heavy atom. The molecule has 2 rings (SSSR count). The summed E-state index contributed by atoms with van der Waals surface area (Å²) in [6.45, 7) is 5.04. The van der Waals surface area contributed by atoms with Gasteiger partial charge in [0.25, 0.3) is 0 Å². The van der Waals surface area contributed by atoms with E-state index in [0.29, 0.717) is 8.84 Å². The normalized spacial score (nSPS) is 40.3. The molecule has 0 aliphatic heterocycles. The van der Waals surface area contributed by atoms with Crippen LogP contribution in [-0.4, -0.2) is 3.42 Å². The summed E-state index contributed by atoms with van der Waals surface area (Å²) in [5, 5.41) is 0. The largest absolute Gasteiger partial charge is 0.0783 e. The van der Waals surface area contributed by atoms with Crippen molar-refractivity contribution in [3.8, 4) is 0 Å². The van der Waals surface area contributed by atoms with Crippen molar-refractivity contribution in [2.45, 2.75) is 81.5 Å². The topological polar surface area (TPSA) is 0 Å². The second-order valence-electron chi connectivity index (χ2n) is 6.62. The van der Waals surface area contributed by atoms with E-state index in [1.54, 1.807) is 0 Å². The number of rotatable bonds is 1. The van der Waals surface area contributed by atoms with Crippen LogP contribution in [0.2, 0.25) is 0 Å². The van der Waals surface area contributed by atoms with Gasteiger partial charge in [0, 0.05) is 3.42 Å². The standard InChI is InChI=1S/C15H27I/c1-13-7-6-11-15(16,12-8-13)14(2)9-4-3-5-10-14/h13H,3-12H2,1-2H3. The van der Waals surface area contributed by atoms with E-state index in [9.17, 15) is 0 Å². The predicted molar refractivity (Wildman–Crippen MR) is 80.2 cm³/mol. The predicted octanol–water partition coefficient (Wildman–Crippen LogP) is 5.73. The lowest BCUT2D eigenvalue weighted by molar-refractivity contribution is 0.143. The lowest BCUT2D eigenvalue weighted by Crippen LogP contribution is -2.42. The van der Waals surface area contributed by atoms with Gasteiger partial charge in [-0.1, -0.05) is 68.5 Å². The number of halogens is 1. The second kappa shape index (κ2) is 5.16. The molecule has 2 fully saturated rings. The summed E-state index contributed by atoms with van der Waals surface area (Å²) in [6.07, 6.45) is 14.8. The smallest absolute Gasteiger partial charge is 0.0276 e. The molecule has 0 saturated heterocycles.